The minimum Gasteiger partial charge on any atom is -0.262 e. The molecule has 5 nitrogen and oxygen atoms in total. The topological polar surface area (TPSA) is 75.7 Å². The number of unbranched alkanes of at least 4 members (excludes halogenated alkanes) is 10. The lowest BCUT2D eigenvalue weighted by molar-refractivity contribution is 0.551. The molecular weight excluding hydrogens is 442 g/mol. The summed E-state index contributed by atoms with van der Waals surface area (Å²) < 4.78 is 25.2. The molecule has 0 aromatic carbocycles. The van der Waals surface area contributed by atoms with Crippen molar-refractivity contribution in [1.82, 2.24) is 15.2 Å². The number of nitrogens with zero attached hydrogens (tertiary/aromatic N) is 2. The highest BCUT2D eigenvalue weighted by Crippen LogP contribution is 2.28. The predicted octanol–water partition coefficient (Wildman–Crippen LogP) is 7.74. The SMILES string of the molecule is CCCC/C=C/CCCCCCCCCCS(=O)(=O)c1n[nH]c(C(CC)C(Cl)CCC)n1. The molecule has 7 heteroatoms. The Morgan fingerprint density at radius 1 is 0.875 bits per heavy atom. The molecule has 1 aromatic rings. The summed E-state index contributed by atoms with van der Waals surface area (Å²) in [5.74, 6) is 0.714. The zero-order chi connectivity index (χ0) is 23.7. The van der Waals surface area contributed by atoms with Crippen LogP contribution in [-0.4, -0.2) is 34.7 Å². The molecule has 0 spiro atoms. The standard InChI is InChI=1S/C25H46ClN3O2S/c1-4-7-8-9-10-11-12-13-14-15-16-17-18-19-21-32(30,31)25-27-24(28-29-25)22(6-3)23(26)20-5-2/h9-10,22-23H,4-8,11-21H2,1-3H3,(H,27,28,29)/b10-9+. The van der Waals surface area contributed by atoms with Gasteiger partial charge in [-0.05, 0) is 38.5 Å². The van der Waals surface area contributed by atoms with Gasteiger partial charge in [0.05, 0.1) is 5.75 Å². The molecule has 0 aliphatic heterocycles. The molecule has 0 fully saturated rings. The lowest BCUT2D eigenvalue weighted by Crippen LogP contribution is -2.14. The van der Waals surface area contributed by atoms with Crippen LogP contribution < -0.4 is 0 Å². The van der Waals surface area contributed by atoms with Crippen LogP contribution in [0.25, 0.3) is 0 Å². The van der Waals surface area contributed by atoms with E-state index in [0.717, 1.165) is 32.1 Å². The third-order valence-corrected chi connectivity index (χ3v) is 8.06. The summed E-state index contributed by atoms with van der Waals surface area (Å²) in [5.41, 5.74) is 0. The Labute approximate surface area is 202 Å². The lowest BCUT2D eigenvalue weighted by Gasteiger charge is -2.17. The number of nitrogens with one attached hydrogen (secondary N) is 1. The van der Waals surface area contributed by atoms with Crippen molar-refractivity contribution in [3.05, 3.63) is 18.0 Å². The second kappa shape index (κ2) is 17.6. The zero-order valence-corrected chi connectivity index (χ0v) is 22.2. The monoisotopic (exact) mass is 487 g/mol. The zero-order valence-electron chi connectivity index (χ0n) is 20.6. The van der Waals surface area contributed by atoms with E-state index in [2.05, 4.69) is 41.2 Å². The maximum Gasteiger partial charge on any atom is 0.266 e. The van der Waals surface area contributed by atoms with Gasteiger partial charge in [-0.25, -0.2) is 13.4 Å². The van der Waals surface area contributed by atoms with Gasteiger partial charge in [0.25, 0.3) is 5.16 Å². The number of alkyl halides is 1. The third-order valence-electron chi connectivity index (χ3n) is 5.98. The van der Waals surface area contributed by atoms with Crippen molar-refractivity contribution >= 4 is 21.4 Å². The third kappa shape index (κ3) is 11.8. The van der Waals surface area contributed by atoms with Crippen LogP contribution >= 0.6 is 11.6 Å². The van der Waals surface area contributed by atoms with Gasteiger partial charge in [0.1, 0.15) is 5.82 Å². The number of halogens is 1. The van der Waals surface area contributed by atoms with Crippen molar-refractivity contribution in [1.29, 1.82) is 0 Å². The van der Waals surface area contributed by atoms with Gasteiger partial charge in [0.15, 0.2) is 0 Å². The Morgan fingerprint density at radius 2 is 1.47 bits per heavy atom. The Balaban J connectivity index is 2.20. The molecule has 0 aliphatic carbocycles. The Bertz CT molecular complexity index is 719. The van der Waals surface area contributed by atoms with Gasteiger partial charge in [0, 0.05) is 11.3 Å². The van der Waals surface area contributed by atoms with Crippen LogP contribution in [0.1, 0.15) is 129 Å². The first-order valence-electron chi connectivity index (χ1n) is 12.9. The molecule has 1 aromatic heterocycles. The summed E-state index contributed by atoms with van der Waals surface area (Å²) in [6, 6.07) is 0. The number of allylic oxidation sites excluding steroid dienone is 2. The molecule has 0 aliphatic rings. The van der Waals surface area contributed by atoms with Crippen LogP contribution in [-0.2, 0) is 9.84 Å². The number of hydrogen-bond acceptors (Lipinski definition) is 4. The average molecular weight is 488 g/mol. The number of aromatic amines is 1. The van der Waals surface area contributed by atoms with Crippen molar-refractivity contribution in [2.24, 2.45) is 0 Å². The number of rotatable bonds is 20. The van der Waals surface area contributed by atoms with Gasteiger partial charge >= 0.3 is 0 Å². The van der Waals surface area contributed by atoms with E-state index in [9.17, 15) is 8.42 Å². The average Bonchev–Trinajstić information content (AvgIpc) is 3.25. The maximum absolute atomic E-state index is 12.6. The fourth-order valence-corrected chi connectivity index (χ4v) is 5.63. The van der Waals surface area contributed by atoms with E-state index in [1.165, 1.54) is 57.8 Å². The molecule has 0 amide bonds. The van der Waals surface area contributed by atoms with E-state index in [1.54, 1.807) is 0 Å². The van der Waals surface area contributed by atoms with E-state index >= 15 is 0 Å². The molecule has 2 atom stereocenters. The fourth-order valence-electron chi connectivity index (χ4n) is 3.92. The van der Waals surface area contributed by atoms with Gasteiger partial charge in [-0.1, -0.05) is 90.7 Å². The van der Waals surface area contributed by atoms with Crippen molar-refractivity contribution in [3.8, 4) is 0 Å². The number of sulfone groups is 1. The first-order chi connectivity index (χ1) is 15.5. The van der Waals surface area contributed by atoms with Gasteiger partial charge in [-0.15, -0.1) is 16.7 Å². The van der Waals surface area contributed by atoms with E-state index in [1.807, 2.05) is 6.92 Å². The molecule has 2 unspecified atom stereocenters. The van der Waals surface area contributed by atoms with Crippen LogP contribution in [0.5, 0.6) is 0 Å². The molecule has 1 heterocycles. The first kappa shape index (κ1) is 29.2. The molecule has 0 radical (unpaired) electrons. The highest BCUT2D eigenvalue weighted by Gasteiger charge is 2.26. The Hall–Kier alpha value is -0.880. The quantitative estimate of drug-likeness (QED) is 0.116. The summed E-state index contributed by atoms with van der Waals surface area (Å²) in [4.78, 5) is 4.30. The van der Waals surface area contributed by atoms with Gasteiger partial charge in [-0.2, -0.15) is 0 Å². The van der Waals surface area contributed by atoms with Crippen molar-refractivity contribution in [2.75, 3.05) is 5.75 Å². The van der Waals surface area contributed by atoms with Crippen LogP contribution in [0, 0.1) is 0 Å². The van der Waals surface area contributed by atoms with Crippen LogP contribution in [0.15, 0.2) is 17.3 Å². The normalized spacial score (nSPS) is 14.2. The van der Waals surface area contributed by atoms with E-state index in [4.69, 9.17) is 11.6 Å². The molecule has 0 saturated heterocycles. The molecule has 0 bridgehead atoms. The molecule has 1 N–H and O–H groups in total. The summed E-state index contributed by atoms with van der Waals surface area (Å²) in [6.45, 7) is 6.36. The minimum absolute atomic E-state index is 0.00477. The molecule has 0 saturated carbocycles. The fraction of sp³-hybridized carbons (Fsp3) is 0.840. The summed E-state index contributed by atoms with van der Waals surface area (Å²) >= 11 is 6.47. The second-order valence-electron chi connectivity index (χ2n) is 8.87. The lowest BCUT2D eigenvalue weighted by atomic mass is 9.98. The molecule has 186 valence electrons. The van der Waals surface area contributed by atoms with Crippen molar-refractivity contribution < 1.29 is 8.42 Å². The van der Waals surface area contributed by atoms with Gasteiger partial charge < -0.3 is 0 Å². The summed E-state index contributed by atoms with van der Waals surface area (Å²) in [7, 11) is -3.44. The van der Waals surface area contributed by atoms with E-state index in [-0.39, 0.29) is 22.2 Å². The van der Waals surface area contributed by atoms with Crippen LogP contribution in [0.4, 0.5) is 0 Å². The second-order valence-corrected chi connectivity index (χ2v) is 11.4. The summed E-state index contributed by atoms with van der Waals surface area (Å²) in [5, 5.41) is 6.69. The highest BCUT2D eigenvalue weighted by molar-refractivity contribution is 7.91. The molecule has 32 heavy (non-hydrogen) atoms. The summed E-state index contributed by atoms with van der Waals surface area (Å²) in [6.07, 6.45) is 21.3. The minimum atomic E-state index is -3.44. The van der Waals surface area contributed by atoms with E-state index < -0.39 is 9.84 Å². The molecular formula is C25H46ClN3O2S. The maximum atomic E-state index is 12.6. The van der Waals surface area contributed by atoms with Gasteiger partial charge in [0.2, 0.25) is 9.84 Å². The molecule has 1 rings (SSSR count). The smallest absolute Gasteiger partial charge is 0.262 e. The van der Waals surface area contributed by atoms with Crippen molar-refractivity contribution in [3.63, 3.8) is 0 Å². The van der Waals surface area contributed by atoms with Crippen molar-refractivity contribution in [2.45, 2.75) is 134 Å². The van der Waals surface area contributed by atoms with Crippen LogP contribution in [0.2, 0.25) is 0 Å². The van der Waals surface area contributed by atoms with Crippen LogP contribution in [0.3, 0.4) is 0 Å². The number of aromatic nitrogens is 3. The Kier molecular flexibility index (Phi) is 16.0. The highest BCUT2D eigenvalue weighted by atomic mass is 35.5. The first-order valence-corrected chi connectivity index (χ1v) is 15.0. The van der Waals surface area contributed by atoms with Gasteiger partial charge in [-0.3, -0.25) is 5.10 Å². The largest absolute Gasteiger partial charge is 0.266 e. The number of H-pyrrole nitrogens is 1. The predicted molar refractivity (Wildman–Crippen MR) is 136 cm³/mol. The van der Waals surface area contributed by atoms with E-state index in [0.29, 0.717) is 12.2 Å². The number of hydrogen-bond donors (Lipinski definition) is 1. The Morgan fingerprint density at radius 3 is 2.06 bits per heavy atom.